The molecule has 0 aliphatic carbocycles. The van der Waals surface area contributed by atoms with Gasteiger partial charge in [0, 0.05) is 6.42 Å². The van der Waals surface area contributed by atoms with Crippen LogP contribution in [0.1, 0.15) is 108 Å². The van der Waals surface area contributed by atoms with E-state index in [1.54, 1.807) is 41.5 Å². The topological polar surface area (TPSA) is 426 Å². The van der Waals surface area contributed by atoms with Crippen LogP contribution in [0.25, 0.3) is 0 Å². The van der Waals surface area contributed by atoms with Crippen molar-refractivity contribution >= 4 is 71.0 Å². The quantitative estimate of drug-likeness (QED) is 0.0305. The van der Waals surface area contributed by atoms with Gasteiger partial charge in [-0.25, -0.2) is 4.79 Å². The van der Waals surface area contributed by atoms with Crippen LogP contribution in [0.2, 0.25) is 0 Å². The summed E-state index contributed by atoms with van der Waals surface area (Å²) in [6, 6.07) is -10.9. The number of hydrogen-bond acceptors (Lipinski definition) is 14. The number of carboxylic acid groups (broad SMARTS) is 2. The van der Waals surface area contributed by atoms with Gasteiger partial charge >= 0.3 is 11.9 Å². The molecule has 0 aromatic carbocycles. The van der Waals surface area contributed by atoms with E-state index in [-0.39, 0.29) is 37.5 Å². The average molecular weight is 986 g/mol. The predicted molar refractivity (Wildman–Crippen MR) is 246 cm³/mol. The second-order valence-electron chi connectivity index (χ2n) is 18.1. The first kappa shape index (κ1) is 62.6. The van der Waals surface area contributed by atoms with Gasteiger partial charge in [0.1, 0.15) is 42.3 Å². The number of carbonyl (C=O) groups excluding carboxylic acids is 10. The minimum atomic E-state index is -1.73. The van der Waals surface area contributed by atoms with Gasteiger partial charge < -0.3 is 74.6 Å². The number of primary amides is 1. The smallest absolute Gasteiger partial charge is 0.326 e. The normalized spacial score (nSPS) is 15.5. The van der Waals surface area contributed by atoms with Gasteiger partial charge in [0.2, 0.25) is 59.1 Å². The van der Waals surface area contributed by atoms with Crippen molar-refractivity contribution in [3.63, 3.8) is 0 Å². The molecule has 0 rings (SSSR count). The molecule has 69 heavy (non-hydrogen) atoms. The minimum Gasteiger partial charge on any atom is -0.481 e. The van der Waals surface area contributed by atoms with E-state index in [0.717, 1.165) is 6.92 Å². The molecule has 0 saturated carbocycles. The molecular weight excluding hydrogens is 911 g/mol. The summed E-state index contributed by atoms with van der Waals surface area (Å²) >= 11 is 0. The number of rotatable bonds is 32. The molecule has 0 saturated heterocycles. The number of aliphatic hydroxyl groups is 1. The Morgan fingerprint density at radius 1 is 0.522 bits per heavy atom. The van der Waals surface area contributed by atoms with Gasteiger partial charge in [-0.15, -0.1) is 0 Å². The molecule has 392 valence electrons. The van der Waals surface area contributed by atoms with Gasteiger partial charge in [-0.2, -0.15) is 0 Å². The number of carbonyl (C=O) groups is 12. The summed E-state index contributed by atoms with van der Waals surface area (Å²) in [5.41, 5.74) is 11.1. The largest absolute Gasteiger partial charge is 0.481 e. The van der Waals surface area contributed by atoms with Gasteiger partial charge in [-0.1, -0.05) is 61.8 Å². The molecule has 0 radical (unpaired) electrons. The average Bonchev–Trinajstić information content (AvgIpc) is 3.24. The SMILES string of the molecule is CC[C@H](C)[C@H](NC(=O)CNC(=O)[C@H](CC(C)C)NC(=O)CNC(=O)[C@H](C)NC(=O)[C@H](CC(C)C)NC(=O)[C@@H](N)CCC(=O)O)C(=O)N[C@@H](CC(N)=O)C(=O)N[C@H](C(=O)N[C@H](C(=O)O)C(C)C)[C@@H](C)O. The summed E-state index contributed by atoms with van der Waals surface area (Å²) in [5.74, 6) is -13.0. The molecule has 0 aromatic heterocycles. The Bertz CT molecular complexity index is 1830. The van der Waals surface area contributed by atoms with Crippen molar-refractivity contribution < 1.29 is 72.9 Å². The molecule has 0 heterocycles. The van der Waals surface area contributed by atoms with Crippen LogP contribution in [0.4, 0.5) is 0 Å². The van der Waals surface area contributed by atoms with Crippen LogP contribution in [0.5, 0.6) is 0 Å². The summed E-state index contributed by atoms with van der Waals surface area (Å²) in [7, 11) is 0. The number of aliphatic carboxylic acids is 2. The number of nitrogens with two attached hydrogens (primary N) is 2. The third kappa shape index (κ3) is 24.4. The zero-order valence-electron chi connectivity index (χ0n) is 41.1. The van der Waals surface area contributed by atoms with Crippen LogP contribution >= 0.6 is 0 Å². The highest BCUT2D eigenvalue weighted by molar-refractivity contribution is 5.98. The molecule has 10 atom stereocenters. The fourth-order valence-electron chi connectivity index (χ4n) is 6.34. The molecule has 0 fully saturated rings. The van der Waals surface area contributed by atoms with E-state index in [9.17, 15) is 67.7 Å². The summed E-state index contributed by atoms with van der Waals surface area (Å²) in [6.45, 7) is 14.5. The van der Waals surface area contributed by atoms with Crippen molar-refractivity contribution in [1.82, 2.24) is 47.9 Å². The molecule has 0 bridgehead atoms. The first-order chi connectivity index (χ1) is 31.9. The number of hydrogen-bond donors (Lipinski definition) is 14. The molecule has 0 aliphatic rings. The van der Waals surface area contributed by atoms with Crippen LogP contribution in [0, 0.1) is 23.7 Å². The molecule has 26 heteroatoms. The lowest BCUT2D eigenvalue weighted by Gasteiger charge is -2.28. The van der Waals surface area contributed by atoms with E-state index in [1.165, 1.54) is 20.8 Å². The van der Waals surface area contributed by atoms with E-state index in [1.807, 2.05) is 0 Å². The van der Waals surface area contributed by atoms with Gasteiger partial charge in [0.05, 0.1) is 31.7 Å². The van der Waals surface area contributed by atoms with Crippen LogP contribution in [-0.2, 0) is 57.5 Å². The highest BCUT2D eigenvalue weighted by Gasteiger charge is 2.36. The van der Waals surface area contributed by atoms with Gasteiger partial charge in [0.25, 0.3) is 0 Å². The highest BCUT2D eigenvalue weighted by atomic mass is 16.4. The zero-order chi connectivity index (χ0) is 53.5. The maximum atomic E-state index is 13.6. The Hall–Kier alpha value is -6.44. The van der Waals surface area contributed by atoms with Gasteiger partial charge in [0.15, 0.2) is 0 Å². The lowest BCUT2D eigenvalue weighted by molar-refractivity contribution is -0.144. The molecule has 0 aromatic rings. The standard InChI is InChI=1S/C43H75N11O15/c1-11-22(8)34(41(66)51-28(16-29(45)56)40(65)54-35(24(10)55)42(67)53-33(21(6)7)43(68)69)52-31(58)18-47-38(63)26(14-19(2)3)49-30(57)17-46-36(61)23(9)48-39(64)27(15-20(4)5)50-37(62)25(44)12-13-32(59)60/h19-28,33-35,55H,11-18,44H2,1-10H3,(H2,45,56)(H,46,61)(H,47,63)(H,48,64)(H,49,57)(H,50,62)(H,51,66)(H,52,58)(H,53,67)(H,54,65)(H,59,60)(H,68,69)/t22-,23-,24+,25-,26-,27-,28-,33-,34-,35-/m0/s1. The first-order valence-electron chi connectivity index (χ1n) is 22.7. The van der Waals surface area contributed by atoms with Gasteiger partial charge in [-0.05, 0) is 56.8 Å². The lowest BCUT2D eigenvalue weighted by atomic mass is 9.97. The van der Waals surface area contributed by atoms with Gasteiger partial charge in [-0.3, -0.25) is 52.7 Å². The Kier molecular flexibility index (Phi) is 28.0. The summed E-state index contributed by atoms with van der Waals surface area (Å²) in [5, 5.41) is 50.1. The maximum Gasteiger partial charge on any atom is 0.326 e. The predicted octanol–water partition coefficient (Wildman–Crippen LogP) is -4.04. The minimum absolute atomic E-state index is 0.0825. The first-order valence-corrected chi connectivity index (χ1v) is 22.7. The number of amides is 10. The Balaban J connectivity index is 5.75. The maximum absolute atomic E-state index is 13.6. The van der Waals surface area contributed by atoms with Crippen LogP contribution in [0.15, 0.2) is 0 Å². The monoisotopic (exact) mass is 986 g/mol. The summed E-state index contributed by atoms with van der Waals surface area (Å²) < 4.78 is 0. The van der Waals surface area contributed by atoms with E-state index in [2.05, 4.69) is 47.9 Å². The van der Waals surface area contributed by atoms with Crippen LogP contribution in [-0.4, -0.2) is 154 Å². The number of carboxylic acids is 2. The third-order valence-electron chi connectivity index (χ3n) is 10.4. The van der Waals surface area contributed by atoms with Crippen molar-refractivity contribution in [3.8, 4) is 0 Å². The Labute approximate surface area is 401 Å². The lowest BCUT2D eigenvalue weighted by Crippen LogP contribution is -2.61. The molecule has 16 N–H and O–H groups in total. The molecule has 0 spiro atoms. The van der Waals surface area contributed by atoms with Crippen LogP contribution < -0.4 is 59.3 Å². The van der Waals surface area contributed by atoms with Crippen molar-refractivity contribution in [3.05, 3.63) is 0 Å². The van der Waals surface area contributed by atoms with Crippen LogP contribution in [0.3, 0.4) is 0 Å². The van der Waals surface area contributed by atoms with E-state index < -0.39 is 157 Å². The van der Waals surface area contributed by atoms with E-state index >= 15 is 0 Å². The second-order valence-corrected chi connectivity index (χ2v) is 18.1. The van der Waals surface area contributed by atoms with Crippen molar-refractivity contribution in [1.29, 1.82) is 0 Å². The van der Waals surface area contributed by atoms with E-state index in [4.69, 9.17) is 16.6 Å². The summed E-state index contributed by atoms with van der Waals surface area (Å²) in [4.78, 5) is 152. The third-order valence-corrected chi connectivity index (χ3v) is 10.4. The zero-order valence-corrected chi connectivity index (χ0v) is 41.1. The fraction of sp³-hybridized carbons (Fsp3) is 0.721. The van der Waals surface area contributed by atoms with Crippen molar-refractivity contribution in [2.24, 2.45) is 35.1 Å². The number of aliphatic hydroxyl groups excluding tert-OH is 1. The second kappa shape index (κ2) is 30.8. The van der Waals surface area contributed by atoms with E-state index in [0.29, 0.717) is 6.42 Å². The van der Waals surface area contributed by atoms with Crippen molar-refractivity contribution in [2.45, 2.75) is 162 Å². The molecule has 26 nitrogen and oxygen atoms in total. The Morgan fingerprint density at radius 2 is 0.986 bits per heavy atom. The fourth-order valence-corrected chi connectivity index (χ4v) is 6.34. The molecule has 0 unspecified atom stereocenters. The van der Waals surface area contributed by atoms with Crippen molar-refractivity contribution in [2.75, 3.05) is 13.1 Å². The number of nitrogens with one attached hydrogen (secondary N) is 9. The molecule has 0 aliphatic heterocycles. The molecular formula is C43H75N11O15. The summed E-state index contributed by atoms with van der Waals surface area (Å²) in [6.07, 6.45) is -2.35. The highest BCUT2D eigenvalue weighted by Crippen LogP contribution is 2.11. The Morgan fingerprint density at radius 3 is 1.45 bits per heavy atom. The molecule has 10 amide bonds.